The molecule has 140 valence electrons. The smallest absolute Gasteiger partial charge is 0.276 e. The zero-order valence-corrected chi connectivity index (χ0v) is 15.5. The lowest BCUT2D eigenvalue weighted by Gasteiger charge is -2.35. The van der Waals surface area contributed by atoms with Gasteiger partial charge in [-0.05, 0) is 43.9 Å². The summed E-state index contributed by atoms with van der Waals surface area (Å²) in [6, 6.07) is 12.4. The first kappa shape index (κ1) is 19.0. The number of hydrogen-bond acceptors (Lipinski definition) is 4. The molecule has 1 fully saturated rings. The number of aromatic nitrogens is 1. The van der Waals surface area contributed by atoms with Crippen molar-refractivity contribution in [2.45, 2.75) is 45.4 Å². The minimum absolute atomic E-state index is 0.0210. The zero-order valence-electron chi connectivity index (χ0n) is 15.5. The predicted molar refractivity (Wildman–Crippen MR) is 102 cm³/mol. The van der Waals surface area contributed by atoms with Crippen molar-refractivity contribution in [3.8, 4) is 0 Å². The molecular weight excluding hydrogens is 340 g/mol. The molecule has 0 spiro atoms. The molecule has 1 aromatic heterocycles. The Morgan fingerprint density at radius 2 is 1.70 bits per heavy atom. The van der Waals surface area contributed by atoms with Crippen LogP contribution in [0.3, 0.4) is 0 Å². The SMILES string of the molecule is CC(=O)c1ccc(CC2(C(=O)NC(=O)c3ccccn3)CCCCC2)cc1. The highest BCUT2D eigenvalue weighted by Gasteiger charge is 2.40. The molecular formula is C22H24N2O3. The Balaban J connectivity index is 1.78. The van der Waals surface area contributed by atoms with Gasteiger partial charge in [-0.25, -0.2) is 0 Å². The first-order valence-corrected chi connectivity index (χ1v) is 9.37. The molecule has 0 unspecified atom stereocenters. The maximum Gasteiger partial charge on any atom is 0.276 e. The largest absolute Gasteiger partial charge is 0.295 e. The summed E-state index contributed by atoms with van der Waals surface area (Å²) < 4.78 is 0. The van der Waals surface area contributed by atoms with Crippen LogP contribution in [-0.2, 0) is 11.2 Å². The van der Waals surface area contributed by atoms with Gasteiger partial charge in [0.05, 0.1) is 5.41 Å². The second-order valence-corrected chi connectivity index (χ2v) is 7.27. The maximum atomic E-state index is 13.1. The third-order valence-corrected chi connectivity index (χ3v) is 5.32. The monoisotopic (exact) mass is 364 g/mol. The summed E-state index contributed by atoms with van der Waals surface area (Å²) in [7, 11) is 0. The van der Waals surface area contributed by atoms with Crippen LogP contribution in [0.4, 0.5) is 0 Å². The van der Waals surface area contributed by atoms with E-state index < -0.39 is 11.3 Å². The second-order valence-electron chi connectivity index (χ2n) is 7.27. The molecule has 1 aliphatic carbocycles. The minimum atomic E-state index is -0.597. The van der Waals surface area contributed by atoms with Crippen molar-refractivity contribution in [3.63, 3.8) is 0 Å². The van der Waals surface area contributed by atoms with Crippen LogP contribution in [0.25, 0.3) is 0 Å². The standard InChI is InChI=1S/C22H24N2O3/c1-16(25)18-10-8-17(9-11-18)15-22(12-4-2-5-13-22)21(27)24-20(26)19-7-3-6-14-23-19/h3,6-11,14H,2,4-5,12-13,15H2,1H3,(H,24,26,27). The number of carbonyl (C=O) groups excluding carboxylic acids is 3. The number of rotatable bonds is 5. The molecule has 0 saturated heterocycles. The molecule has 0 bridgehead atoms. The van der Waals surface area contributed by atoms with E-state index in [0.717, 1.165) is 37.7 Å². The molecule has 1 aliphatic rings. The topological polar surface area (TPSA) is 76.1 Å². The predicted octanol–water partition coefficient (Wildman–Crippen LogP) is 3.73. The van der Waals surface area contributed by atoms with Gasteiger partial charge < -0.3 is 0 Å². The molecule has 0 atom stereocenters. The first-order valence-electron chi connectivity index (χ1n) is 9.37. The van der Waals surface area contributed by atoms with Crippen molar-refractivity contribution in [3.05, 3.63) is 65.5 Å². The van der Waals surface area contributed by atoms with E-state index in [1.807, 2.05) is 12.1 Å². The Labute approximate surface area is 159 Å². The average Bonchev–Trinajstić information content (AvgIpc) is 2.69. The van der Waals surface area contributed by atoms with Crippen LogP contribution in [0.2, 0.25) is 0 Å². The number of pyridine rings is 1. The lowest BCUT2D eigenvalue weighted by atomic mass is 9.69. The quantitative estimate of drug-likeness (QED) is 0.648. The van der Waals surface area contributed by atoms with Crippen LogP contribution in [0.1, 0.15) is 65.4 Å². The molecule has 1 aromatic carbocycles. The summed E-state index contributed by atoms with van der Waals surface area (Å²) in [5.41, 5.74) is 1.30. The number of amides is 2. The van der Waals surface area contributed by atoms with E-state index in [1.54, 1.807) is 30.3 Å². The van der Waals surface area contributed by atoms with Crippen LogP contribution < -0.4 is 5.32 Å². The van der Waals surface area contributed by atoms with Gasteiger partial charge in [0.15, 0.2) is 5.78 Å². The normalized spacial score (nSPS) is 15.7. The summed E-state index contributed by atoms with van der Waals surface area (Å²) in [6.45, 7) is 1.54. The van der Waals surface area contributed by atoms with E-state index in [0.29, 0.717) is 12.0 Å². The molecule has 1 heterocycles. The Morgan fingerprint density at radius 1 is 1.00 bits per heavy atom. The number of carbonyl (C=O) groups is 3. The van der Waals surface area contributed by atoms with Crippen LogP contribution in [0.15, 0.2) is 48.7 Å². The first-order chi connectivity index (χ1) is 13.0. The highest BCUT2D eigenvalue weighted by Crippen LogP contribution is 2.39. The summed E-state index contributed by atoms with van der Waals surface area (Å²) in [5.74, 6) is -0.668. The summed E-state index contributed by atoms with van der Waals surface area (Å²) in [6.07, 6.45) is 6.64. The number of ketones is 1. The Morgan fingerprint density at radius 3 is 2.30 bits per heavy atom. The van der Waals surface area contributed by atoms with Gasteiger partial charge in [-0.15, -0.1) is 0 Å². The van der Waals surface area contributed by atoms with Gasteiger partial charge in [0.2, 0.25) is 5.91 Å². The van der Waals surface area contributed by atoms with Gasteiger partial charge in [-0.2, -0.15) is 0 Å². The maximum absolute atomic E-state index is 13.1. The Kier molecular flexibility index (Phi) is 5.79. The van der Waals surface area contributed by atoms with Crippen LogP contribution >= 0.6 is 0 Å². The van der Waals surface area contributed by atoms with E-state index in [1.165, 1.54) is 13.1 Å². The van der Waals surface area contributed by atoms with Crippen molar-refractivity contribution in [2.24, 2.45) is 5.41 Å². The molecule has 0 aliphatic heterocycles. The third kappa shape index (κ3) is 4.48. The van der Waals surface area contributed by atoms with Crippen molar-refractivity contribution in [1.82, 2.24) is 10.3 Å². The Hall–Kier alpha value is -2.82. The van der Waals surface area contributed by atoms with Crippen LogP contribution in [0, 0.1) is 5.41 Å². The molecule has 2 amide bonds. The van der Waals surface area contributed by atoms with E-state index >= 15 is 0 Å². The van der Waals surface area contributed by atoms with E-state index in [9.17, 15) is 14.4 Å². The van der Waals surface area contributed by atoms with Gasteiger partial charge in [0.25, 0.3) is 5.91 Å². The molecule has 0 radical (unpaired) electrons. The number of nitrogens with one attached hydrogen (secondary N) is 1. The van der Waals surface area contributed by atoms with Gasteiger partial charge in [0, 0.05) is 11.8 Å². The fourth-order valence-electron chi connectivity index (χ4n) is 3.76. The highest BCUT2D eigenvalue weighted by atomic mass is 16.2. The highest BCUT2D eigenvalue weighted by molar-refractivity contribution is 6.05. The number of imide groups is 1. The summed E-state index contributed by atoms with van der Waals surface area (Å²) in [4.78, 5) is 40.9. The van der Waals surface area contributed by atoms with Gasteiger partial charge in [0.1, 0.15) is 5.69 Å². The molecule has 3 rings (SSSR count). The zero-order chi connectivity index (χ0) is 19.3. The lowest BCUT2D eigenvalue weighted by Crippen LogP contribution is -2.46. The van der Waals surface area contributed by atoms with Gasteiger partial charge in [-0.3, -0.25) is 24.7 Å². The van der Waals surface area contributed by atoms with E-state index in [4.69, 9.17) is 0 Å². The van der Waals surface area contributed by atoms with E-state index in [2.05, 4.69) is 10.3 Å². The second kappa shape index (κ2) is 8.25. The molecule has 1 N–H and O–H groups in total. The fourth-order valence-corrected chi connectivity index (χ4v) is 3.76. The number of nitrogens with zero attached hydrogens (tertiary/aromatic N) is 1. The molecule has 2 aromatic rings. The fraction of sp³-hybridized carbons (Fsp3) is 0.364. The number of benzene rings is 1. The Bertz CT molecular complexity index is 822. The number of Topliss-reactive ketones (excluding diaryl/α,β-unsaturated/α-hetero) is 1. The average molecular weight is 364 g/mol. The van der Waals surface area contributed by atoms with Crippen molar-refractivity contribution < 1.29 is 14.4 Å². The van der Waals surface area contributed by atoms with Crippen LogP contribution in [0.5, 0.6) is 0 Å². The number of hydrogen-bond donors (Lipinski definition) is 1. The third-order valence-electron chi connectivity index (χ3n) is 5.32. The van der Waals surface area contributed by atoms with Crippen molar-refractivity contribution >= 4 is 17.6 Å². The van der Waals surface area contributed by atoms with Gasteiger partial charge >= 0.3 is 0 Å². The van der Waals surface area contributed by atoms with Crippen molar-refractivity contribution in [1.29, 1.82) is 0 Å². The van der Waals surface area contributed by atoms with E-state index in [-0.39, 0.29) is 17.4 Å². The molecule has 5 heteroatoms. The molecule has 5 nitrogen and oxygen atoms in total. The van der Waals surface area contributed by atoms with Gasteiger partial charge in [-0.1, -0.05) is 49.6 Å². The van der Waals surface area contributed by atoms with Crippen LogP contribution in [-0.4, -0.2) is 22.6 Å². The lowest BCUT2D eigenvalue weighted by molar-refractivity contribution is -0.131. The molecule has 27 heavy (non-hydrogen) atoms. The molecule has 1 saturated carbocycles. The van der Waals surface area contributed by atoms with Crippen molar-refractivity contribution in [2.75, 3.05) is 0 Å². The minimum Gasteiger partial charge on any atom is -0.295 e. The summed E-state index contributed by atoms with van der Waals surface area (Å²) >= 11 is 0. The summed E-state index contributed by atoms with van der Waals surface area (Å²) in [5, 5.41) is 2.56.